The maximum Gasteiger partial charge on any atom is 0.245 e. The van der Waals surface area contributed by atoms with Crippen molar-refractivity contribution in [3.8, 4) is 0 Å². The third-order valence-corrected chi connectivity index (χ3v) is 5.87. The molecule has 1 aliphatic heterocycles. The van der Waals surface area contributed by atoms with Gasteiger partial charge >= 0.3 is 0 Å². The van der Waals surface area contributed by atoms with E-state index in [0.717, 1.165) is 0 Å². The summed E-state index contributed by atoms with van der Waals surface area (Å²) in [4.78, 5) is 11.6. The SMILES string of the molecule is CNC(=O)C1CCN(S(=O)(=O)c2ccc(Cl)cc2N)CC1. The predicted octanol–water partition coefficient (Wildman–Crippen LogP) is 1.07. The minimum atomic E-state index is -3.65. The molecular formula is C13H18ClN3O3S. The van der Waals surface area contributed by atoms with E-state index in [9.17, 15) is 13.2 Å². The van der Waals surface area contributed by atoms with E-state index in [-0.39, 0.29) is 22.4 Å². The average molecular weight is 332 g/mol. The average Bonchev–Trinajstić information content (AvgIpc) is 2.46. The molecule has 0 bridgehead atoms. The summed E-state index contributed by atoms with van der Waals surface area (Å²) in [5.74, 6) is -0.179. The Labute approximate surface area is 129 Å². The summed E-state index contributed by atoms with van der Waals surface area (Å²) in [6.07, 6.45) is 1.01. The van der Waals surface area contributed by atoms with Crippen molar-refractivity contribution in [1.82, 2.24) is 9.62 Å². The summed E-state index contributed by atoms with van der Waals surface area (Å²) >= 11 is 5.79. The molecule has 0 radical (unpaired) electrons. The molecule has 0 aromatic heterocycles. The molecule has 3 N–H and O–H groups in total. The van der Waals surface area contributed by atoms with Crippen molar-refractivity contribution < 1.29 is 13.2 Å². The summed E-state index contributed by atoms with van der Waals surface area (Å²) in [5, 5.41) is 2.99. The molecule has 0 unspecified atom stereocenters. The van der Waals surface area contributed by atoms with Gasteiger partial charge in [-0.1, -0.05) is 11.6 Å². The number of nitrogen functional groups attached to an aromatic ring is 1. The van der Waals surface area contributed by atoms with E-state index in [1.165, 1.54) is 22.5 Å². The fourth-order valence-electron chi connectivity index (χ4n) is 2.46. The quantitative estimate of drug-likeness (QED) is 0.810. The molecular weight excluding hydrogens is 314 g/mol. The van der Waals surface area contributed by atoms with E-state index in [0.29, 0.717) is 31.0 Å². The lowest BCUT2D eigenvalue weighted by Crippen LogP contribution is -2.42. The van der Waals surface area contributed by atoms with Gasteiger partial charge in [-0.25, -0.2) is 8.42 Å². The Hall–Kier alpha value is -1.31. The fourth-order valence-corrected chi connectivity index (χ4v) is 4.20. The van der Waals surface area contributed by atoms with Gasteiger partial charge in [0, 0.05) is 31.1 Å². The monoisotopic (exact) mass is 331 g/mol. The van der Waals surface area contributed by atoms with Crippen molar-refractivity contribution in [2.75, 3.05) is 25.9 Å². The first-order valence-electron chi connectivity index (χ1n) is 6.63. The van der Waals surface area contributed by atoms with Gasteiger partial charge in [0.15, 0.2) is 0 Å². The highest BCUT2D eigenvalue weighted by molar-refractivity contribution is 7.89. The van der Waals surface area contributed by atoms with E-state index >= 15 is 0 Å². The molecule has 2 rings (SSSR count). The number of nitrogens with two attached hydrogens (primary N) is 1. The molecule has 1 saturated heterocycles. The maximum absolute atomic E-state index is 12.6. The molecule has 0 aliphatic carbocycles. The fraction of sp³-hybridized carbons (Fsp3) is 0.462. The minimum absolute atomic E-state index is 0.0435. The van der Waals surface area contributed by atoms with Crippen molar-refractivity contribution in [2.24, 2.45) is 5.92 Å². The molecule has 1 aliphatic rings. The number of halogens is 1. The molecule has 0 spiro atoms. The zero-order chi connectivity index (χ0) is 15.6. The van der Waals surface area contributed by atoms with Crippen LogP contribution in [0.4, 0.5) is 5.69 Å². The number of carbonyl (C=O) groups excluding carboxylic acids is 1. The number of anilines is 1. The number of rotatable bonds is 3. The number of amides is 1. The summed E-state index contributed by atoms with van der Waals surface area (Å²) < 4.78 is 26.5. The maximum atomic E-state index is 12.6. The number of piperidine rings is 1. The highest BCUT2D eigenvalue weighted by Gasteiger charge is 2.32. The van der Waals surface area contributed by atoms with Crippen molar-refractivity contribution in [1.29, 1.82) is 0 Å². The van der Waals surface area contributed by atoms with Gasteiger partial charge in [-0.3, -0.25) is 4.79 Å². The second-order valence-corrected chi connectivity index (χ2v) is 7.32. The lowest BCUT2D eigenvalue weighted by molar-refractivity contribution is -0.125. The zero-order valence-electron chi connectivity index (χ0n) is 11.7. The first-order chi connectivity index (χ1) is 9.86. The highest BCUT2D eigenvalue weighted by atomic mass is 35.5. The van der Waals surface area contributed by atoms with Gasteiger partial charge in [-0.2, -0.15) is 4.31 Å². The highest BCUT2D eigenvalue weighted by Crippen LogP contribution is 2.28. The third kappa shape index (κ3) is 3.30. The number of sulfonamides is 1. The van der Waals surface area contributed by atoms with Crippen LogP contribution in [0.5, 0.6) is 0 Å². The van der Waals surface area contributed by atoms with Crippen LogP contribution in [0, 0.1) is 5.92 Å². The summed E-state index contributed by atoms with van der Waals surface area (Å²) in [7, 11) is -2.06. The van der Waals surface area contributed by atoms with Gasteiger partial charge in [0.05, 0.1) is 5.69 Å². The molecule has 0 atom stereocenters. The molecule has 1 heterocycles. The summed E-state index contributed by atoms with van der Waals surface area (Å²) in [6, 6.07) is 4.34. The van der Waals surface area contributed by atoms with Gasteiger partial charge in [-0.05, 0) is 31.0 Å². The first-order valence-corrected chi connectivity index (χ1v) is 8.45. The largest absolute Gasteiger partial charge is 0.398 e. The molecule has 1 amide bonds. The number of carbonyl (C=O) groups is 1. The second-order valence-electron chi connectivity index (χ2n) is 4.97. The van der Waals surface area contributed by atoms with Gasteiger partial charge < -0.3 is 11.1 Å². The van der Waals surface area contributed by atoms with Crippen LogP contribution in [0.15, 0.2) is 23.1 Å². The number of benzene rings is 1. The van der Waals surface area contributed by atoms with Crippen LogP contribution in [0.25, 0.3) is 0 Å². The predicted molar refractivity (Wildman–Crippen MR) is 81.4 cm³/mol. The van der Waals surface area contributed by atoms with E-state index < -0.39 is 10.0 Å². The van der Waals surface area contributed by atoms with Crippen LogP contribution in [0.2, 0.25) is 5.02 Å². The molecule has 1 aromatic rings. The minimum Gasteiger partial charge on any atom is -0.398 e. The van der Waals surface area contributed by atoms with Crippen LogP contribution < -0.4 is 11.1 Å². The topological polar surface area (TPSA) is 92.5 Å². The lowest BCUT2D eigenvalue weighted by Gasteiger charge is -2.30. The Balaban J connectivity index is 2.17. The van der Waals surface area contributed by atoms with Gasteiger partial charge in [-0.15, -0.1) is 0 Å². The summed E-state index contributed by atoms with van der Waals surface area (Å²) in [5.41, 5.74) is 5.89. The van der Waals surface area contributed by atoms with Crippen molar-refractivity contribution in [3.63, 3.8) is 0 Å². The lowest BCUT2D eigenvalue weighted by atomic mass is 9.97. The Bertz CT molecular complexity index is 640. The number of nitrogens with one attached hydrogen (secondary N) is 1. The Morgan fingerprint density at radius 1 is 1.38 bits per heavy atom. The summed E-state index contributed by atoms with van der Waals surface area (Å²) in [6.45, 7) is 0.616. The van der Waals surface area contributed by atoms with E-state index in [1.54, 1.807) is 7.05 Å². The third-order valence-electron chi connectivity index (χ3n) is 3.66. The van der Waals surface area contributed by atoms with Gasteiger partial charge in [0.25, 0.3) is 0 Å². The second kappa shape index (κ2) is 6.21. The molecule has 116 valence electrons. The number of hydrogen-bond donors (Lipinski definition) is 2. The number of hydrogen-bond acceptors (Lipinski definition) is 4. The normalized spacial score (nSPS) is 17.6. The Morgan fingerprint density at radius 2 is 2.00 bits per heavy atom. The first kappa shape index (κ1) is 16.1. The van der Waals surface area contributed by atoms with E-state index in [2.05, 4.69) is 5.32 Å². The van der Waals surface area contributed by atoms with E-state index in [4.69, 9.17) is 17.3 Å². The van der Waals surface area contributed by atoms with Crippen molar-refractivity contribution in [2.45, 2.75) is 17.7 Å². The van der Waals surface area contributed by atoms with Crippen LogP contribution >= 0.6 is 11.6 Å². The standard InChI is InChI=1S/C13H18ClN3O3S/c1-16-13(18)9-4-6-17(7-5-9)21(19,20)12-3-2-10(14)8-11(12)15/h2-3,8-9H,4-7,15H2,1H3,(H,16,18). The smallest absolute Gasteiger partial charge is 0.245 e. The Morgan fingerprint density at radius 3 is 2.52 bits per heavy atom. The van der Waals surface area contributed by atoms with E-state index in [1.807, 2.05) is 0 Å². The molecule has 21 heavy (non-hydrogen) atoms. The molecule has 1 fully saturated rings. The van der Waals surface area contributed by atoms with Crippen LogP contribution in [0.3, 0.4) is 0 Å². The van der Waals surface area contributed by atoms with Gasteiger partial charge in [0.1, 0.15) is 4.90 Å². The van der Waals surface area contributed by atoms with Crippen molar-refractivity contribution >= 4 is 33.2 Å². The molecule has 6 nitrogen and oxygen atoms in total. The molecule has 1 aromatic carbocycles. The van der Waals surface area contributed by atoms with Gasteiger partial charge in [0.2, 0.25) is 15.9 Å². The molecule has 8 heteroatoms. The van der Waals surface area contributed by atoms with Crippen LogP contribution in [-0.4, -0.2) is 38.8 Å². The van der Waals surface area contributed by atoms with Crippen LogP contribution in [0.1, 0.15) is 12.8 Å². The number of nitrogens with zero attached hydrogens (tertiary/aromatic N) is 1. The zero-order valence-corrected chi connectivity index (χ0v) is 13.2. The van der Waals surface area contributed by atoms with Crippen molar-refractivity contribution in [3.05, 3.63) is 23.2 Å². The Kier molecular flexibility index (Phi) is 4.75. The van der Waals surface area contributed by atoms with Crippen LogP contribution in [-0.2, 0) is 14.8 Å². The molecule has 0 saturated carbocycles.